The lowest BCUT2D eigenvalue weighted by Crippen LogP contribution is -2.58. The average Bonchev–Trinajstić information content (AvgIpc) is 3.37. The summed E-state index contributed by atoms with van der Waals surface area (Å²) < 4.78 is 17.4. The van der Waals surface area contributed by atoms with Crippen molar-refractivity contribution in [3.63, 3.8) is 0 Å². The van der Waals surface area contributed by atoms with Gasteiger partial charge < -0.3 is 19.3 Å². The van der Waals surface area contributed by atoms with E-state index in [4.69, 9.17) is 14.2 Å². The number of allylic oxidation sites excluding steroid dienone is 1. The summed E-state index contributed by atoms with van der Waals surface area (Å²) in [5.74, 6) is 0.995. The minimum absolute atomic E-state index is 0.00821. The minimum atomic E-state index is -0.527. The third-order valence-corrected chi connectivity index (χ3v) is 9.83. The summed E-state index contributed by atoms with van der Waals surface area (Å²) in [7, 11) is 0. The first-order valence-corrected chi connectivity index (χ1v) is 12.0. The Morgan fingerprint density at radius 2 is 2.00 bits per heavy atom. The molecule has 5 aliphatic rings. The van der Waals surface area contributed by atoms with Gasteiger partial charge in [0.25, 0.3) is 0 Å². The number of hydrogen-bond donors (Lipinski definition) is 1. The lowest BCUT2D eigenvalue weighted by molar-refractivity contribution is -0.166. The lowest BCUT2D eigenvalue weighted by atomic mass is 9.46. The Balaban J connectivity index is 1.42. The van der Waals surface area contributed by atoms with Crippen LogP contribution in [-0.2, 0) is 23.8 Å². The molecule has 5 rings (SSSR count). The third kappa shape index (κ3) is 2.83. The van der Waals surface area contributed by atoms with Gasteiger partial charge in [0.1, 0.15) is 17.8 Å². The highest BCUT2D eigenvalue weighted by molar-refractivity contribution is 5.66. The Morgan fingerprint density at radius 1 is 1.23 bits per heavy atom. The third-order valence-electron chi connectivity index (χ3n) is 9.83. The van der Waals surface area contributed by atoms with Crippen LogP contribution in [0.1, 0.15) is 72.6 Å². The number of fused-ring (bicyclic) bond motifs is 7. The summed E-state index contributed by atoms with van der Waals surface area (Å²) in [5, 5.41) is 10.7. The van der Waals surface area contributed by atoms with E-state index < -0.39 is 5.60 Å². The zero-order valence-corrected chi connectivity index (χ0v) is 19.2. The first-order valence-electron chi connectivity index (χ1n) is 12.0. The minimum Gasteiger partial charge on any atom is -0.462 e. The van der Waals surface area contributed by atoms with Crippen LogP contribution in [0.4, 0.5) is 0 Å². The van der Waals surface area contributed by atoms with Gasteiger partial charge in [0, 0.05) is 25.7 Å². The Kier molecular flexibility index (Phi) is 4.88. The van der Waals surface area contributed by atoms with Gasteiger partial charge in [-0.25, -0.2) is 0 Å². The van der Waals surface area contributed by atoms with Crippen LogP contribution >= 0.6 is 0 Å². The van der Waals surface area contributed by atoms with Crippen molar-refractivity contribution in [3.8, 4) is 0 Å². The average molecular weight is 433 g/mol. The van der Waals surface area contributed by atoms with Gasteiger partial charge in [0.05, 0.1) is 12.7 Å². The summed E-state index contributed by atoms with van der Waals surface area (Å²) in [6.45, 7) is 7.37. The molecule has 1 aliphatic heterocycles. The van der Waals surface area contributed by atoms with Gasteiger partial charge in [-0.3, -0.25) is 9.59 Å². The molecule has 9 atom stereocenters. The van der Waals surface area contributed by atoms with Crippen LogP contribution in [0.3, 0.4) is 0 Å². The lowest BCUT2D eigenvalue weighted by Gasteiger charge is -2.59. The Morgan fingerprint density at radius 3 is 2.68 bits per heavy atom. The van der Waals surface area contributed by atoms with Crippen LogP contribution in [0.15, 0.2) is 11.6 Å². The molecule has 1 saturated heterocycles. The summed E-state index contributed by atoms with van der Waals surface area (Å²) in [5.41, 5.74) is 0.750. The molecule has 1 N–H and O–H groups in total. The molecule has 31 heavy (non-hydrogen) atoms. The highest BCUT2D eigenvalue weighted by Gasteiger charge is 2.81. The van der Waals surface area contributed by atoms with E-state index >= 15 is 0 Å². The highest BCUT2D eigenvalue weighted by atomic mass is 16.7. The molecule has 4 aliphatic carbocycles. The van der Waals surface area contributed by atoms with Gasteiger partial charge in [-0.15, -0.1) is 0 Å². The van der Waals surface area contributed by atoms with E-state index in [1.807, 2.05) is 6.92 Å². The molecule has 0 aromatic carbocycles. The number of esters is 2. The molecule has 0 unspecified atom stereocenters. The van der Waals surface area contributed by atoms with Crippen LogP contribution in [0, 0.1) is 28.6 Å². The predicted octanol–water partition coefficient (Wildman–Crippen LogP) is 3.55. The van der Waals surface area contributed by atoms with Gasteiger partial charge in [0.15, 0.2) is 0 Å². The molecule has 0 spiro atoms. The number of carbonyl (C=O) groups excluding carboxylic acids is 2. The maximum absolute atomic E-state index is 11.7. The van der Waals surface area contributed by atoms with Gasteiger partial charge in [-0.2, -0.15) is 0 Å². The van der Waals surface area contributed by atoms with Crippen molar-refractivity contribution in [1.29, 1.82) is 0 Å². The summed E-state index contributed by atoms with van der Waals surface area (Å²) in [6, 6.07) is 0. The molecule has 0 bridgehead atoms. The molecular weight excluding hydrogens is 396 g/mol. The molecule has 0 aromatic rings. The molecule has 172 valence electrons. The zero-order valence-electron chi connectivity index (χ0n) is 19.2. The number of carbonyl (C=O) groups is 2. The summed E-state index contributed by atoms with van der Waals surface area (Å²) in [6.07, 6.45) is 8.91. The largest absolute Gasteiger partial charge is 0.462 e. The van der Waals surface area contributed by atoms with Crippen LogP contribution in [-0.4, -0.2) is 47.6 Å². The smallest absolute Gasteiger partial charge is 0.302 e. The first kappa shape index (κ1) is 21.4. The second-order valence-corrected chi connectivity index (χ2v) is 11.0. The van der Waals surface area contributed by atoms with Crippen molar-refractivity contribution in [2.75, 3.05) is 6.61 Å². The molecule has 3 saturated carbocycles. The number of ether oxygens (including phenoxy) is 3. The highest BCUT2D eigenvalue weighted by Crippen LogP contribution is 2.74. The second-order valence-electron chi connectivity index (χ2n) is 11.0. The van der Waals surface area contributed by atoms with E-state index in [9.17, 15) is 14.7 Å². The van der Waals surface area contributed by atoms with E-state index in [2.05, 4.69) is 13.0 Å². The quantitative estimate of drug-likeness (QED) is 0.415. The van der Waals surface area contributed by atoms with E-state index in [1.165, 1.54) is 19.4 Å². The molecular formula is C25H36O6. The Bertz CT molecular complexity index is 821. The Labute approximate surface area is 184 Å². The molecule has 6 nitrogen and oxygen atoms in total. The van der Waals surface area contributed by atoms with Crippen LogP contribution in [0.5, 0.6) is 0 Å². The van der Waals surface area contributed by atoms with Crippen molar-refractivity contribution < 1.29 is 28.9 Å². The fraction of sp³-hybridized carbons (Fsp3) is 0.840. The fourth-order valence-electron chi connectivity index (χ4n) is 8.58. The zero-order chi connectivity index (χ0) is 22.2. The van der Waals surface area contributed by atoms with Crippen LogP contribution in [0.25, 0.3) is 0 Å². The van der Waals surface area contributed by atoms with E-state index in [0.29, 0.717) is 17.8 Å². The van der Waals surface area contributed by atoms with Crippen LogP contribution < -0.4 is 0 Å². The normalized spacial score (nSPS) is 48.3. The van der Waals surface area contributed by atoms with Crippen molar-refractivity contribution in [3.05, 3.63) is 11.6 Å². The standard InChI is InChI=1S/C25H36O6/c1-14(29-15(2)27)25-22(31-25)12-21-19-6-5-17-11-18(30-16(3)28)7-9-23(17,4)20(19)8-10-24(21,25)13-26/h5,14,18-22,26H,6-13H2,1-4H3/t14-,18-,19+,20-,21+,22+,23-,24+,25+/m0/s1. The van der Waals surface area contributed by atoms with Gasteiger partial charge in [0.2, 0.25) is 0 Å². The van der Waals surface area contributed by atoms with Crippen LogP contribution in [0.2, 0.25) is 0 Å². The van der Waals surface area contributed by atoms with Crippen molar-refractivity contribution >= 4 is 11.9 Å². The SMILES string of the molecule is CC(=O)O[C@H]1CC[C@@]2(C)C(=CC[C@H]3[C@H]4C[C@H]5O[C@@]5([C@H](C)OC(C)=O)[C@@]4(CO)CC[C@@H]32)C1. The molecule has 4 fully saturated rings. The number of epoxide rings is 1. The predicted molar refractivity (Wildman–Crippen MR) is 113 cm³/mol. The second kappa shape index (κ2) is 7.05. The number of aliphatic hydroxyl groups is 1. The number of aliphatic hydroxyl groups excluding tert-OH is 1. The maximum Gasteiger partial charge on any atom is 0.302 e. The topological polar surface area (TPSA) is 85.4 Å². The van der Waals surface area contributed by atoms with Gasteiger partial charge in [-0.05, 0) is 68.6 Å². The molecule has 0 aromatic heterocycles. The van der Waals surface area contributed by atoms with Gasteiger partial charge >= 0.3 is 11.9 Å². The fourth-order valence-corrected chi connectivity index (χ4v) is 8.58. The van der Waals surface area contributed by atoms with Crippen molar-refractivity contribution in [2.24, 2.45) is 28.6 Å². The van der Waals surface area contributed by atoms with Crippen molar-refractivity contribution in [2.45, 2.75) is 96.6 Å². The first-order chi connectivity index (χ1) is 14.7. The van der Waals surface area contributed by atoms with E-state index in [1.54, 1.807) is 0 Å². The van der Waals surface area contributed by atoms with E-state index in [0.717, 1.165) is 44.9 Å². The Hall–Kier alpha value is -1.40. The maximum atomic E-state index is 11.7. The molecule has 0 radical (unpaired) electrons. The number of rotatable bonds is 4. The van der Waals surface area contributed by atoms with E-state index in [-0.39, 0.29) is 47.7 Å². The molecule has 0 amide bonds. The molecule has 6 heteroatoms. The monoisotopic (exact) mass is 432 g/mol. The van der Waals surface area contributed by atoms with Crippen molar-refractivity contribution in [1.82, 2.24) is 0 Å². The number of hydrogen-bond acceptors (Lipinski definition) is 6. The molecule has 1 heterocycles. The summed E-state index contributed by atoms with van der Waals surface area (Å²) in [4.78, 5) is 23.1. The van der Waals surface area contributed by atoms with Gasteiger partial charge in [-0.1, -0.05) is 18.6 Å². The summed E-state index contributed by atoms with van der Waals surface area (Å²) >= 11 is 0.